The van der Waals surface area contributed by atoms with Gasteiger partial charge in [-0.05, 0) is 55.7 Å². The highest BCUT2D eigenvalue weighted by Crippen LogP contribution is 2.28. The molecule has 2 heterocycles. The summed E-state index contributed by atoms with van der Waals surface area (Å²) in [6.07, 6.45) is 3.91. The second-order valence-corrected chi connectivity index (χ2v) is 6.89. The van der Waals surface area contributed by atoms with Crippen molar-refractivity contribution < 1.29 is 18.4 Å². The molecule has 2 amide bonds. The summed E-state index contributed by atoms with van der Waals surface area (Å²) in [5, 5.41) is 5.63. The topological polar surface area (TPSA) is 84.2 Å². The number of hydrogen-bond donors (Lipinski definition) is 2. The Hall–Kier alpha value is -3.48. The van der Waals surface area contributed by atoms with Crippen LogP contribution in [0.1, 0.15) is 29.6 Å². The Morgan fingerprint density at radius 2 is 1.93 bits per heavy atom. The maximum atomic E-state index is 13.1. The summed E-state index contributed by atoms with van der Waals surface area (Å²) < 4.78 is 19.0. The van der Waals surface area contributed by atoms with Gasteiger partial charge in [0.1, 0.15) is 11.9 Å². The van der Waals surface area contributed by atoms with Crippen LogP contribution < -0.4 is 10.6 Å². The summed E-state index contributed by atoms with van der Waals surface area (Å²) >= 11 is 0. The highest BCUT2D eigenvalue weighted by atomic mass is 19.1. The molecule has 148 valence electrons. The Labute approximate surface area is 167 Å². The zero-order chi connectivity index (χ0) is 20.2. The van der Waals surface area contributed by atoms with E-state index in [0.717, 1.165) is 12.8 Å². The number of amides is 2. The van der Waals surface area contributed by atoms with Gasteiger partial charge < -0.3 is 15.1 Å². The van der Waals surface area contributed by atoms with E-state index in [9.17, 15) is 14.0 Å². The molecule has 0 saturated carbocycles. The SMILES string of the molecule is O=C(N[C@@H]1CCCCNC1=O)c1ccccc1-c1ncc(-c2ccc(F)cc2)o1. The van der Waals surface area contributed by atoms with Gasteiger partial charge in [0, 0.05) is 17.7 Å². The zero-order valence-electron chi connectivity index (χ0n) is 15.7. The minimum absolute atomic E-state index is 0.164. The van der Waals surface area contributed by atoms with Crippen molar-refractivity contribution in [3.8, 4) is 22.8 Å². The molecule has 3 aromatic rings. The number of nitrogens with zero attached hydrogens (tertiary/aromatic N) is 1. The fourth-order valence-electron chi connectivity index (χ4n) is 3.33. The van der Waals surface area contributed by atoms with Crippen molar-refractivity contribution in [2.24, 2.45) is 0 Å². The van der Waals surface area contributed by atoms with Gasteiger partial charge in [0.15, 0.2) is 5.76 Å². The number of oxazole rings is 1. The average Bonchev–Trinajstić information content (AvgIpc) is 3.14. The molecular formula is C22H20FN3O3. The van der Waals surface area contributed by atoms with Gasteiger partial charge in [-0.1, -0.05) is 12.1 Å². The standard InChI is InChI=1S/C22H20FN3O3/c23-15-10-8-14(9-11-15)19-13-25-22(29-19)17-6-2-1-5-16(17)20(27)26-18-7-3-4-12-24-21(18)28/h1-2,5-6,8-11,13,18H,3-4,7,12H2,(H,24,28)(H,26,27)/t18-/m1/s1. The zero-order valence-corrected chi connectivity index (χ0v) is 15.7. The van der Waals surface area contributed by atoms with Gasteiger partial charge in [-0.3, -0.25) is 9.59 Å². The smallest absolute Gasteiger partial charge is 0.252 e. The summed E-state index contributed by atoms with van der Waals surface area (Å²) in [7, 11) is 0. The van der Waals surface area contributed by atoms with Crippen molar-refractivity contribution in [1.29, 1.82) is 0 Å². The van der Waals surface area contributed by atoms with E-state index in [1.807, 2.05) is 0 Å². The molecule has 1 aliphatic rings. The first-order valence-corrected chi connectivity index (χ1v) is 9.51. The third kappa shape index (κ3) is 4.18. The van der Waals surface area contributed by atoms with E-state index in [2.05, 4.69) is 15.6 Å². The fraction of sp³-hybridized carbons (Fsp3) is 0.227. The lowest BCUT2D eigenvalue weighted by Gasteiger charge is -2.16. The molecule has 4 rings (SSSR count). The van der Waals surface area contributed by atoms with Crippen molar-refractivity contribution in [3.05, 3.63) is 66.1 Å². The molecule has 2 N–H and O–H groups in total. The Balaban J connectivity index is 1.59. The molecule has 1 saturated heterocycles. The Morgan fingerprint density at radius 1 is 1.14 bits per heavy atom. The van der Waals surface area contributed by atoms with Crippen LogP contribution in [0.15, 0.2) is 59.1 Å². The average molecular weight is 393 g/mol. The maximum absolute atomic E-state index is 13.1. The van der Waals surface area contributed by atoms with E-state index in [0.29, 0.717) is 35.4 Å². The molecular weight excluding hydrogens is 373 g/mol. The quantitative estimate of drug-likeness (QED) is 0.710. The molecule has 0 bridgehead atoms. The van der Waals surface area contributed by atoms with Gasteiger partial charge in [-0.25, -0.2) is 9.37 Å². The lowest BCUT2D eigenvalue weighted by molar-refractivity contribution is -0.122. The molecule has 1 aromatic heterocycles. The molecule has 2 aromatic carbocycles. The number of benzene rings is 2. The van der Waals surface area contributed by atoms with Crippen LogP contribution >= 0.6 is 0 Å². The fourth-order valence-corrected chi connectivity index (χ4v) is 3.33. The van der Waals surface area contributed by atoms with Gasteiger partial charge in [-0.2, -0.15) is 0 Å². The van der Waals surface area contributed by atoms with Crippen molar-refractivity contribution in [3.63, 3.8) is 0 Å². The van der Waals surface area contributed by atoms with Gasteiger partial charge in [0.25, 0.3) is 5.91 Å². The largest absolute Gasteiger partial charge is 0.436 e. The Kier molecular flexibility index (Phi) is 5.37. The van der Waals surface area contributed by atoms with Crippen LogP contribution in [0.2, 0.25) is 0 Å². The lowest BCUT2D eigenvalue weighted by atomic mass is 10.1. The van der Waals surface area contributed by atoms with Crippen LogP contribution in [0.25, 0.3) is 22.8 Å². The van der Waals surface area contributed by atoms with Crippen LogP contribution in [0.5, 0.6) is 0 Å². The number of halogens is 1. The molecule has 0 radical (unpaired) electrons. The van der Waals surface area contributed by atoms with Gasteiger partial charge in [-0.15, -0.1) is 0 Å². The monoisotopic (exact) mass is 393 g/mol. The minimum Gasteiger partial charge on any atom is -0.436 e. The molecule has 0 aliphatic carbocycles. The number of hydrogen-bond acceptors (Lipinski definition) is 4. The third-order valence-corrected chi connectivity index (χ3v) is 4.88. The number of nitrogens with one attached hydrogen (secondary N) is 2. The van der Waals surface area contributed by atoms with E-state index in [4.69, 9.17) is 4.42 Å². The van der Waals surface area contributed by atoms with E-state index in [1.165, 1.54) is 18.3 Å². The van der Waals surface area contributed by atoms with E-state index >= 15 is 0 Å². The van der Waals surface area contributed by atoms with Crippen LogP contribution in [-0.2, 0) is 4.79 Å². The Morgan fingerprint density at radius 3 is 2.76 bits per heavy atom. The van der Waals surface area contributed by atoms with Gasteiger partial charge >= 0.3 is 0 Å². The Bertz CT molecular complexity index is 1030. The molecule has 6 nitrogen and oxygen atoms in total. The van der Waals surface area contributed by atoms with Crippen molar-refractivity contribution >= 4 is 11.8 Å². The summed E-state index contributed by atoms with van der Waals surface area (Å²) in [6.45, 7) is 0.629. The number of carbonyl (C=O) groups is 2. The highest BCUT2D eigenvalue weighted by Gasteiger charge is 2.25. The normalized spacial score (nSPS) is 16.7. The summed E-state index contributed by atoms with van der Waals surface area (Å²) in [5.41, 5.74) is 1.58. The predicted octanol–water partition coefficient (Wildman–Crippen LogP) is 3.55. The second kappa shape index (κ2) is 8.26. The van der Waals surface area contributed by atoms with Crippen molar-refractivity contribution in [1.82, 2.24) is 15.6 Å². The number of carbonyl (C=O) groups excluding carboxylic acids is 2. The minimum atomic E-state index is -0.558. The van der Waals surface area contributed by atoms with Crippen LogP contribution in [0.3, 0.4) is 0 Å². The predicted molar refractivity (Wildman–Crippen MR) is 105 cm³/mol. The molecule has 29 heavy (non-hydrogen) atoms. The second-order valence-electron chi connectivity index (χ2n) is 6.89. The van der Waals surface area contributed by atoms with Crippen LogP contribution in [0, 0.1) is 5.82 Å². The first-order valence-electron chi connectivity index (χ1n) is 9.51. The lowest BCUT2D eigenvalue weighted by Crippen LogP contribution is -2.45. The van der Waals surface area contributed by atoms with Crippen molar-refractivity contribution in [2.45, 2.75) is 25.3 Å². The van der Waals surface area contributed by atoms with Gasteiger partial charge in [0.2, 0.25) is 11.8 Å². The molecule has 0 unspecified atom stereocenters. The third-order valence-electron chi connectivity index (χ3n) is 4.88. The van der Waals surface area contributed by atoms with E-state index in [-0.39, 0.29) is 23.5 Å². The first-order chi connectivity index (χ1) is 14.1. The van der Waals surface area contributed by atoms with E-state index < -0.39 is 6.04 Å². The molecule has 0 spiro atoms. The van der Waals surface area contributed by atoms with E-state index in [1.54, 1.807) is 36.4 Å². The summed E-state index contributed by atoms with van der Waals surface area (Å²) in [4.78, 5) is 29.3. The highest BCUT2D eigenvalue weighted by molar-refractivity contribution is 6.02. The molecule has 7 heteroatoms. The molecule has 1 aliphatic heterocycles. The number of rotatable bonds is 4. The summed E-state index contributed by atoms with van der Waals surface area (Å²) in [5.74, 6) is -0.107. The molecule has 1 atom stereocenters. The first kappa shape index (κ1) is 18.9. The summed E-state index contributed by atoms with van der Waals surface area (Å²) in [6, 6.07) is 12.3. The molecule has 1 fully saturated rings. The number of aromatic nitrogens is 1. The van der Waals surface area contributed by atoms with Crippen molar-refractivity contribution in [2.75, 3.05) is 6.54 Å². The van der Waals surface area contributed by atoms with Gasteiger partial charge in [0.05, 0.1) is 11.8 Å². The van der Waals surface area contributed by atoms with Crippen LogP contribution in [-0.4, -0.2) is 29.4 Å². The maximum Gasteiger partial charge on any atom is 0.252 e. The van der Waals surface area contributed by atoms with Crippen LogP contribution in [0.4, 0.5) is 4.39 Å².